The van der Waals surface area contributed by atoms with E-state index in [1.807, 2.05) is 0 Å². The maximum absolute atomic E-state index is 13.1. The Morgan fingerprint density at radius 2 is 2.00 bits per heavy atom. The minimum atomic E-state index is -0.569. The van der Waals surface area contributed by atoms with Crippen LogP contribution in [0.1, 0.15) is 39.0 Å². The maximum Gasteiger partial charge on any atom is 0.115 e. The molecule has 2 atom stereocenters. The highest BCUT2D eigenvalue weighted by Gasteiger charge is 2.32. The Hall–Kier alpha value is -0.110. The molecule has 0 unspecified atom stereocenters. The third-order valence-electron chi connectivity index (χ3n) is 3.26. The molecular weight excluding hydrogens is 153 g/mol. The molecule has 2 saturated carbocycles. The predicted octanol–water partition coefficient (Wildman–Crippen LogP) is 2.27. The van der Waals surface area contributed by atoms with Crippen LogP contribution in [0, 0.1) is 5.92 Å². The van der Waals surface area contributed by atoms with Gasteiger partial charge in [0.15, 0.2) is 0 Å². The maximum atomic E-state index is 13.1. The first-order chi connectivity index (χ1) is 5.75. The molecule has 0 saturated heterocycles. The van der Waals surface area contributed by atoms with Crippen LogP contribution in [0.15, 0.2) is 0 Å². The van der Waals surface area contributed by atoms with Crippen LogP contribution in [0.2, 0.25) is 0 Å². The molecule has 2 aliphatic rings. The number of rotatable bonds is 2. The molecule has 0 aliphatic heterocycles. The minimum Gasteiger partial charge on any atom is -0.308 e. The van der Waals surface area contributed by atoms with Crippen LogP contribution in [-0.4, -0.2) is 18.3 Å². The molecule has 0 aromatic carbocycles. The van der Waals surface area contributed by atoms with Gasteiger partial charge in [-0.05, 0) is 38.0 Å². The van der Waals surface area contributed by atoms with E-state index in [0.29, 0.717) is 6.04 Å². The largest absolute Gasteiger partial charge is 0.308 e. The highest BCUT2D eigenvalue weighted by molar-refractivity contribution is 4.90. The first-order valence-electron chi connectivity index (χ1n) is 5.16. The zero-order valence-electron chi connectivity index (χ0n) is 7.72. The lowest BCUT2D eigenvalue weighted by Crippen LogP contribution is -2.47. The van der Waals surface area contributed by atoms with Gasteiger partial charge in [0, 0.05) is 12.1 Å². The summed E-state index contributed by atoms with van der Waals surface area (Å²) in [5.74, 6) is 0.863. The van der Waals surface area contributed by atoms with E-state index in [1.54, 1.807) is 0 Å². The molecule has 0 radical (unpaired) electrons. The van der Waals surface area contributed by atoms with Crippen molar-refractivity contribution >= 4 is 0 Å². The Labute approximate surface area is 73.7 Å². The molecule has 0 aromatic rings. The average molecular weight is 171 g/mol. The van der Waals surface area contributed by atoms with Crippen LogP contribution < -0.4 is 5.32 Å². The fraction of sp³-hybridized carbons (Fsp3) is 1.00. The standard InChI is InChI=1S/C10H18FN/c1-7-5-8(6-7)12-10-4-2-3-9(10)11/h7-10,12H,2-6H2,1H3/t7?,8?,9-,10+/m1/s1. The predicted molar refractivity (Wildman–Crippen MR) is 47.9 cm³/mol. The van der Waals surface area contributed by atoms with E-state index in [9.17, 15) is 4.39 Å². The van der Waals surface area contributed by atoms with Gasteiger partial charge in [-0.15, -0.1) is 0 Å². The van der Waals surface area contributed by atoms with Crippen LogP contribution in [0.3, 0.4) is 0 Å². The molecule has 2 heteroatoms. The van der Waals surface area contributed by atoms with Crippen molar-refractivity contribution < 1.29 is 4.39 Å². The second-order valence-corrected chi connectivity index (χ2v) is 4.49. The molecule has 2 rings (SSSR count). The first-order valence-corrected chi connectivity index (χ1v) is 5.16. The number of alkyl halides is 1. The molecule has 0 amide bonds. The average Bonchev–Trinajstić information content (AvgIpc) is 2.33. The lowest BCUT2D eigenvalue weighted by Gasteiger charge is -2.36. The summed E-state index contributed by atoms with van der Waals surface area (Å²) < 4.78 is 13.1. The number of hydrogen-bond donors (Lipinski definition) is 1. The smallest absolute Gasteiger partial charge is 0.115 e. The van der Waals surface area contributed by atoms with E-state index in [2.05, 4.69) is 12.2 Å². The van der Waals surface area contributed by atoms with Crippen molar-refractivity contribution in [1.29, 1.82) is 0 Å². The summed E-state index contributed by atoms with van der Waals surface area (Å²) in [6.07, 6.45) is 4.83. The molecule has 70 valence electrons. The number of hydrogen-bond acceptors (Lipinski definition) is 1. The van der Waals surface area contributed by atoms with Crippen LogP contribution in [0.5, 0.6) is 0 Å². The summed E-state index contributed by atoms with van der Waals surface area (Å²) in [4.78, 5) is 0. The molecule has 1 N–H and O–H groups in total. The molecule has 0 bridgehead atoms. The van der Waals surface area contributed by atoms with Gasteiger partial charge in [-0.25, -0.2) is 4.39 Å². The van der Waals surface area contributed by atoms with Crippen molar-refractivity contribution in [2.24, 2.45) is 5.92 Å². The molecule has 2 aliphatic carbocycles. The topological polar surface area (TPSA) is 12.0 Å². The van der Waals surface area contributed by atoms with Crippen molar-refractivity contribution in [1.82, 2.24) is 5.32 Å². The van der Waals surface area contributed by atoms with Crippen molar-refractivity contribution in [3.8, 4) is 0 Å². The van der Waals surface area contributed by atoms with Gasteiger partial charge in [0.25, 0.3) is 0 Å². The Kier molecular flexibility index (Phi) is 2.35. The molecule has 1 nitrogen and oxygen atoms in total. The fourth-order valence-electron chi connectivity index (χ4n) is 2.44. The normalized spacial score (nSPS) is 47.5. The van der Waals surface area contributed by atoms with Crippen LogP contribution in [0.4, 0.5) is 4.39 Å². The van der Waals surface area contributed by atoms with Crippen molar-refractivity contribution in [3.05, 3.63) is 0 Å². The Morgan fingerprint density at radius 1 is 1.25 bits per heavy atom. The summed E-state index contributed by atoms with van der Waals surface area (Å²) in [6, 6.07) is 0.809. The third kappa shape index (κ3) is 1.63. The molecule has 2 fully saturated rings. The van der Waals surface area contributed by atoms with E-state index in [4.69, 9.17) is 0 Å². The number of halogens is 1. The molecule has 0 heterocycles. The summed E-state index contributed by atoms with van der Waals surface area (Å²) in [7, 11) is 0. The first kappa shape index (κ1) is 8.49. The van der Waals surface area contributed by atoms with Gasteiger partial charge in [-0.2, -0.15) is 0 Å². The highest BCUT2D eigenvalue weighted by Crippen LogP contribution is 2.30. The second-order valence-electron chi connectivity index (χ2n) is 4.49. The van der Waals surface area contributed by atoms with Crippen LogP contribution in [0.25, 0.3) is 0 Å². The van der Waals surface area contributed by atoms with Gasteiger partial charge in [0.1, 0.15) is 6.17 Å². The van der Waals surface area contributed by atoms with Crippen molar-refractivity contribution in [3.63, 3.8) is 0 Å². The summed E-state index contributed by atoms with van der Waals surface area (Å²) in [5, 5.41) is 3.42. The summed E-state index contributed by atoms with van der Waals surface area (Å²) in [6.45, 7) is 2.26. The van der Waals surface area contributed by atoms with Gasteiger partial charge in [0.2, 0.25) is 0 Å². The van der Waals surface area contributed by atoms with Gasteiger partial charge < -0.3 is 5.32 Å². The van der Waals surface area contributed by atoms with E-state index < -0.39 is 6.17 Å². The Morgan fingerprint density at radius 3 is 2.50 bits per heavy atom. The lowest BCUT2D eigenvalue weighted by atomic mass is 9.81. The van der Waals surface area contributed by atoms with Gasteiger partial charge in [-0.1, -0.05) is 6.92 Å². The summed E-state index contributed by atoms with van der Waals surface area (Å²) >= 11 is 0. The van der Waals surface area contributed by atoms with Crippen molar-refractivity contribution in [2.75, 3.05) is 0 Å². The fourth-order valence-corrected chi connectivity index (χ4v) is 2.44. The zero-order chi connectivity index (χ0) is 8.55. The second kappa shape index (κ2) is 3.33. The third-order valence-corrected chi connectivity index (χ3v) is 3.26. The summed E-state index contributed by atoms with van der Waals surface area (Å²) in [5.41, 5.74) is 0. The van der Waals surface area contributed by atoms with Gasteiger partial charge in [-0.3, -0.25) is 0 Å². The Bertz CT molecular complexity index is 154. The Balaban J connectivity index is 1.72. The van der Waals surface area contributed by atoms with E-state index >= 15 is 0 Å². The van der Waals surface area contributed by atoms with Gasteiger partial charge >= 0.3 is 0 Å². The number of nitrogens with one attached hydrogen (secondary N) is 1. The van der Waals surface area contributed by atoms with Gasteiger partial charge in [0.05, 0.1) is 0 Å². The van der Waals surface area contributed by atoms with Crippen LogP contribution in [-0.2, 0) is 0 Å². The van der Waals surface area contributed by atoms with Crippen molar-refractivity contribution in [2.45, 2.75) is 57.3 Å². The molecular formula is C10H18FN. The quantitative estimate of drug-likeness (QED) is 0.672. The highest BCUT2D eigenvalue weighted by atomic mass is 19.1. The lowest BCUT2D eigenvalue weighted by molar-refractivity contribution is 0.187. The zero-order valence-corrected chi connectivity index (χ0v) is 7.72. The molecule has 12 heavy (non-hydrogen) atoms. The SMILES string of the molecule is CC1CC(N[C@H]2CCC[C@H]2F)C1. The van der Waals surface area contributed by atoms with E-state index in [-0.39, 0.29) is 6.04 Å². The monoisotopic (exact) mass is 171 g/mol. The van der Waals surface area contributed by atoms with E-state index in [0.717, 1.165) is 25.2 Å². The van der Waals surface area contributed by atoms with Crippen LogP contribution >= 0.6 is 0 Å². The molecule has 0 aromatic heterocycles. The minimum absolute atomic E-state index is 0.183. The van der Waals surface area contributed by atoms with E-state index in [1.165, 1.54) is 12.8 Å². The molecule has 0 spiro atoms.